The van der Waals surface area contributed by atoms with Crippen LogP contribution in [0.4, 0.5) is 0 Å². The lowest BCUT2D eigenvalue weighted by atomic mass is 9.85. The van der Waals surface area contributed by atoms with Crippen LogP contribution in [0.5, 0.6) is 0 Å². The Morgan fingerprint density at radius 2 is 1.80 bits per heavy atom. The molecule has 0 saturated heterocycles. The first kappa shape index (κ1) is 8.06. The molecule has 0 spiro atoms. The van der Waals surface area contributed by atoms with Gasteiger partial charge in [0.05, 0.1) is 0 Å². The molecule has 1 fully saturated rings. The molecular formula is C9H19N. The van der Waals surface area contributed by atoms with Crippen LogP contribution in [-0.4, -0.2) is 6.54 Å². The standard InChI is InChI=1S/C9H19N/c1-3-8(4-2)9(7-10)5-6-9/h8H,3-7,10H2,1-2H3. The average molecular weight is 141 g/mol. The fourth-order valence-electron chi connectivity index (χ4n) is 2.09. The summed E-state index contributed by atoms with van der Waals surface area (Å²) < 4.78 is 0. The molecular weight excluding hydrogens is 122 g/mol. The van der Waals surface area contributed by atoms with Gasteiger partial charge < -0.3 is 5.73 Å². The van der Waals surface area contributed by atoms with E-state index in [0.29, 0.717) is 5.41 Å². The SMILES string of the molecule is CCC(CC)C1(CN)CC1. The van der Waals surface area contributed by atoms with Gasteiger partial charge in [-0.05, 0) is 30.7 Å². The molecule has 10 heavy (non-hydrogen) atoms. The van der Waals surface area contributed by atoms with Gasteiger partial charge in [0.2, 0.25) is 0 Å². The zero-order valence-electron chi connectivity index (χ0n) is 7.19. The van der Waals surface area contributed by atoms with Crippen molar-refractivity contribution in [1.82, 2.24) is 0 Å². The van der Waals surface area contributed by atoms with Gasteiger partial charge in [-0.25, -0.2) is 0 Å². The van der Waals surface area contributed by atoms with E-state index in [1.54, 1.807) is 0 Å². The van der Waals surface area contributed by atoms with E-state index in [9.17, 15) is 0 Å². The topological polar surface area (TPSA) is 26.0 Å². The Morgan fingerprint density at radius 1 is 1.30 bits per heavy atom. The van der Waals surface area contributed by atoms with Crippen LogP contribution in [0.15, 0.2) is 0 Å². The van der Waals surface area contributed by atoms with E-state index in [2.05, 4.69) is 13.8 Å². The van der Waals surface area contributed by atoms with Crippen LogP contribution in [0.3, 0.4) is 0 Å². The smallest absolute Gasteiger partial charge is 0.00179 e. The minimum atomic E-state index is 0.587. The molecule has 60 valence electrons. The van der Waals surface area contributed by atoms with Crippen LogP contribution in [0.1, 0.15) is 39.5 Å². The molecule has 0 aromatic heterocycles. The molecule has 0 heterocycles. The summed E-state index contributed by atoms with van der Waals surface area (Å²) in [6.45, 7) is 5.48. The highest BCUT2D eigenvalue weighted by molar-refractivity contribution is 4.98. The minimum Gasteiger partial charge on any atom is -0.330 e. The number of hydrogen-bond donors (Lipinski definition) is 1. The molecule has 1 aliphatic carbocycles. The molecule has 1 aliphatic rings. The molecule has 0 aliphatic heterocycles. The third kappa shape index (κ3) is 1.20. The molecule has 0 unspecified atom stereocenters. The zero-order chi connectivity index (χ0) is 7.61. The van der Waals surface area contributed by atoms with Crippen molar-refractivity contribution in [2.24, 2.45) is 17.1 Å². The van der Waals surface area contributed by atoms with Crippen LogP contribution >= 0.6 is 0 Å². The summed E-state index contributed by atoms with van der Waals surface area (Å²) in [4.78, 5) is 0. The van der Waals surface area contributed by atoms with E-state index in [4.69, 9.17) is 5.73 Å². The zero-order valence-corrected chi connectivity index (χ0v) is 7.19. The van der Waals surface area contributed by atoms with E-state index in [1.165, 1.54) is 25.7 Å². The van der Waals surface area contributed by atoms with Gasteiger partial charge in [-0.3, -0.25) is 0 Å². The maximum absolute atomic E-state index is 5.72. The number of rotatable bonds is 4. The predicted molar refractivity (Wildman–Crippen MR) is 44.8 cm³/mol. The summed E-state index contributed by atoms with van der Waals surface area (Å²) in [5.74, 6) is 0.900. The first-order valence-corrected chi connectivity index (χ1v) is 4.49. The lowest BCUT2D eigenvalue weighted by Crippen LogP contribution is -2.24. The normalized spacial score (nSPS) is 21.6. The summed E-state index contributed by atoms with van der Waals surface area (Å²) in [6.07, 6.45) is 5.40. The van der Waals surface area contributed by atoms with Crippen molar-refractivity contribution in [2.75, 3.05) is 6.54 Å². The fraction of sp³-hybridized carbons (Fsp3) is 1.00. The summed E-state index contributed by atoms with van der Waals surface area (Å²) in [6, 6.07) is 0. The van der Waals surface area contributed by atoms with Crippen molar-refractivity contribution < 1.29 is 0 Å². The van der Waals surface area contributed by atoms with E-state index in [0.717, 1.165) is 12.5 Å². The Balaban J connectivity index is 2.43. The number of hydrogen-bond acceptors (Lipinski definition) is 1. The lowest BCUT2D eigenvalue weighted by Gasteiger charge is -2.22. The van der Waals surface area contributed by atoms with Crippen LogP contribution in [-0.2, 0) is 0 Å². The van der Waals surface area contributed by atoms with Gasteiger partial charge in [-0.2, -0.15) is 0 Å². The second kappa shape index (κ2) is 2.91. The molecule has 2 N–H and O–H groups in total. The molecule has 1 nitrogen and oxygen atoms in total. The lowest BCUT2D eigenvalue weighted by molar-refractivity contribution is 0.296. The van der Waals surface area contributed by atoms with Crippen LogP contribution in [0, 0.1) is 11.3 Å². The largest absolute Gasteiger partial charge is 0.330 e. The predicted octanol–water partition coefficient (Wildman–Crippen LogP) is 2.16. The maximum atomic E-state index is 5.72. The third-order valence-corrected chi connectivity index (χ3v) is 3.15. The van der Waals surface area contributed by atoms with E-state index in [-0.39, 0.29) is 0 Å². The quantitative estimate of drug-likeness (QED) is 0.638. The van der Waals surface area contributed by atoms with E-state index in [1.807, 2.05) is 0 Å². The average Bonchev–Trinajstić information content (AvgIpc) is 2.72. The monoisotopic (exact) mass is 141 g/mol. The first-order valence-electron chi connectivity index (χ1n) is 4.49. The molecule has 0 radical (unpaired) electrons. The molecule has 0 amide bonds. The Hall–Kier alpha value is -0.0400. The van der Waals surface area contributed by atoms with Gasteiger partial charge in [-0.1, -0.05) is 26.7 Å². The fourth-order valence-corrected chi connectivity index (χ4v) is 2.09. The van der Waals surface area contributed by atoms with Crippen molar-refractivity contribution in [3.63, 3.8) is 0 Å². The first-order chi connectivity index (χ1) is 4.79. The Morgan fingerprint density at radius 3 is 1.90 bits per heavy atom. The van der Waals surface area contributed by atoms with E-state index >= 15 is 0 Å². The minimum absolute atomic E-state index is 0.587. The van der Waals surface area contributed by atoms with Gasteiger partial charge in [0.15, 0.2) is 0 Å². The van der Waals surface area contributed by atoms with Crippen LogP contribution in [0.25, 0.3) is 0 Å². The van der Waals surface area contributed by atoms with Crippen LogP contribution in [0.2, 0.25) is 0 Å². The van der Waals surface area contributed by atoms with Gasteiger partial charge in [-0.15, -0.1) is 0 Å². The molecule has 0 bridgehead atoms. The van der Waals surface area contributed by atoms with Crippen molar-refractivity contribution in [3.8, 4) is 0 Å². The molecule has 1 rings (SSSR count). The van der Waals surface area contributed by atoms with Crippen molar-refractivity contribution >= 4 is 0 Å². The highest BCUT2D eigenvalue weighted by Crippen LogP contribution is 2.53. The maximum Gasteiger partial charge on any atom is -0.00179 e. The molecule has 1 saturated carbocycles. The Kier molecular flexibility index (Phi) is 2.35. The second-order valence-corrected chi connectivity index (χ2v) is 3.58. The molecule has 0 aromatic rings. The van der Waals surface area contributed by atoms with E-state index < -0.39 is 0 Å². The van der Waals surface area contributed by atoms with Crippen molar-refractivity contribution in [2.45, 2.75) is 39.5 Å². The highest BCUT2D eigenvalue weighted by Gasteiger charge is 2.45. The molecule has 0 atom stereocenters. The van der Waals surface area contributed by atoms with Gasteiger partial charge in [0.1, 0.15) is 0 Å². The summed E-state index contributed by atoms with van der Waals surface area (Å²) in [5.41, 5.74) is 6.31. The highest BCUT2D eigenvalue weighted by atomic mass is 14.7. The van der Waals surface area contributed by atoms with Crippen molar-refractivity contribution in [3.05, 3.63) is 0 Å². The summed E-state index contributed by atoms with van der Waals surface area (Å²) in [7, 11) is 0. The summed E-state index contributed by atoms with van der Waals surface area (Å²) >= 11 is 0. The Labute approximate surface area is 64.0 Å². The molecule has 0 aromatic carbocycles. The van der Waals surface area contributed by atoms with Gasteiger partial charge in [0.25, 0.3) is 0 Å². The Bertz CT molecular complexity index is 101. The molecule has 1 heteroatoms. The van der Waals surface area contributed by atoms with Gasteiger partial charge >= 0.3 is 0 Å². The van der Waals surface area contributed by atoms with Crippen molar-refractivity contribution in [1.29, 1.82) is 0 Å². The van der Waals surface area contributed by atoms with Gasteiger partial charge in [0, 0.05) is 0 Å². The summed E-state index contributed by atoms with van der Waals surface area (Å²) in [5, 5.41) is 0. The second-order valence-electron chi connectivity index (χ2n) is 3.58. The number of nitrogens with two attached hydrogens (primary N) is 1. The van der Waals surface area contributed by atoms with Crippen LogP contribution < -0.4 is 5.73 Å². The third-order valence-electron chi connectivity index (χ3n) is 3.15.